The summed E-state index contributed by atoms with van der Waals surface area (Å²) in [6, 6.07) is 3.97. The Kier molecular flexibility index (Phi) is 10.2. The summed E-state index contributed by atoms with van der Waals surface area (Å²) < 4.78 is 4.56. The normalized spacial score (nSPS) is 11.0. The molecule has 0 heterocycles. The van der Waals surface area contributed by atoms with Crippen LogP contribution in [0.15, 0.2) is 0 Å². The van der Waals surface area contributed by atoms with Gasteiger partial charge >= 0.3 is 5.97 Å². The van der Waals surface area contributed by atoms with E-state index in [1.165, 1.54) is 23.8 Å². The minimum absolute atomic E-state index is 0.0137. The van der Waals surface area contributed by atoms with E-state index in [0.717, 1.165) is 0 Å². The maximum atomic E-state index is 12.0. The summed E-state index contributed by atoms with van der Waals surface area (Å²) in [6.45, 7) is 2.52. The van der Waals surface area contributed by atoms with E-state index in [9.17, 15) is 9.59 Å². The summed E-state index contributed by atoms with van der Waals surface area (Å²) in [7, 11) is 1.33. The van der Waals surface area contributed by atoms with Crippen LogP contribution in [-0.2, 0) is 14.3 Å². The third kappa shape index (κ3) is 8.39. The number of hydrogen-bond donors (Lipinski definition) is 0. The maximum absolute atomic E-state index is 12.0. The molecule has 0 saturated carbocycles. The van der Waals surface area contributed by atoms with Gasteiger partial charge in [0.05, 0.1) is 44.3 Å². The van der Waals surface area contributed by atoms with E-state index in [4.69, 9.17) is 10.5 Å². The van der Waals surface area contributed by atoms with Crippen molar-refractivity contribution in [3.05, 3.63) is 0 Å². The fourth-order valence-corrected chi connectivity index (χ4v) is 2.28. The van der Waals surface area contributed by atoms with E-state index in [1.807, 2.05) is 19.1 Å². The molecule has 0 rings (SSSR count). The van der Waals surface area contributed by atoms with Gasteiger partial charge in [0.2, 0.25) is 5.91 Å². The number of amides is 1. The largest absolute Gasteiger partial charge is 0.469 e. The molecule has 0 saturated heterocycles. The molecular formula is C13H19N3O3S. The number of thioether (sulfide) groups is 1. The Labute approximate surface area is 123 Å². The number of carbonyl (C=O) groups excluding carboxylic acids is 2. The van der Waals surface area contributed by atoms with Crippen LogP contribution in [0.3, 0.4) is 0 Å². The predicted octanol–water partition coefficient (Wildman–Crippen LogP) is 1.33. The Morgan fingerprint density at radius 2 is 1.80 bits per heavy atom. The van der Waals surface area contributed by atoms with Gasteiger partial charge in [-0.1, -0.05) is 6.92 Å². The van der Waals surface area contributed by atoms with Crippen LogP contribution in [0.5, 0.6) is 0 Å². The van der Waals surface area contributed by atoms with Crippen molar-refractivity contribution in [3.63, 3.8) is 0 Å². The van der Waals surface area contributed by atoms with Crippen LogP contribution in [0, 0.1) is 22.7 Å². The fourth-order valence-electron chi connectivity index (χ4n) is 1.41. The standard InChI is InChI=1S/C13H19N3O3S/c1-11(9-13(18)19-2)20-10-12(17)16(7-3-5-14)8-4-6-15/h11H,3-4,7-10H2,1-2H3. The molecular weight excluding hydrogens is 278 g/mol. The second-order valence-corrected chi connectivity index (χ2v) is 5.53. The van der Waals surface area contributed by atoms with Crippen LogP contribution in [0.25, 0.3) is 0 Å². The second kappa shape index (κ2) is 11.1. The van der Waals surface area contributed by atoms with Crippen LogP contribution in [0.2, 0.25) is 0 Å². The van der Waals surface area contributed by atoms with Crippen molar-refractivity contribution in [1.29, 1.82) is 10.5 Å². The van der Waals surface area contributed by atoms with Gasteiger partial charge in [0.1, 0.15) is 0 Å². The molecule has 0 aromatic carbocycles. The molecule has 0 radical (unpaired) electrons. The van der Waals surface area contributed by atoms with Crippen molar-refractivity contribution in [2.24, 2.45) is 0 Å². The highest BCUT2D eigenvalue weighted by Gasteiger charge is 2.16. The van der Waals surface area contributed by atoms with Crippen LogP contribution in [0.1, 0.15) is 26.2 Å². The lowest BCUT2D eigenvalue weighted by atomic mass is 10.3. The van der Waals surface area contributed by atoms with Gasteiger partial charge < -0.3 is 9.64 Å². The van der Waals surface area contributed by atoms with Gasteiger partial charge in [0.25, 0.3) is 0 Å². The summed E-state index contributed by atoms with van der Waals surface area (Å²) >= 11 is 1.37. The van der Waals surface area contributed by atoms with Gasteiger partial charge in [-0.2, -0.15) is 10.5 Å². The molecule has 0 aromatic heterocycles. The Hall–Kier alpha value is -1.73. The van der Waals surface area contributed by atoms with Gasteiger partial charge in [0, 0.05) is 18.3 Å². The first-order valence-electron chi connectivity index (χ1n) is 6.25. The average Bonchev–Trinajstić information content (AvgIpc) is 2.44. The molecule has 0 aromatic rings. The van der Waals surface area contributed by atoms with E-state index >= 15 is 0 Å². The first kappa shape index (κ1) is 18.3. The number of ether oxygens (including phenoxy) is 1. The van der Waals surface area contributed by atoms with E-state index in [1.54, 1.807) is 0 Å². The zero-order valence-corrected chi connectivity index (χ0v) is 12.6. The Bertz CT molecular complexity index is 383. The molecule has 0 aliphatic rings. The van der Waals surface area contributed by atoms with Crippen molar-refractivity contribution in [3.8, 4) is 12.1 Å². The summed E-state index contributed by atoms with van der Waals surface area (Å²) in [5.74, 6) is -0.185. The minimum atomic E-state index is -0.303. The van der Waals surface area contributed by atoms with Crippen LogP contribution in [0.4, 0.5) is 0 Å². The van der Waals surface area contributed by atoms with Crippen molar-refractivity contribution >= 4 is 23.6 Å². The Morgan fingerprint density at radius 3 is 2.25 bits per heavy atom. The molecule has 0 aliphatic carbocycles. The van der Waals surface area contributed by atoms with Crippen molar-refractivity contribution < 1.29 is 14.3 Å². The quantitative estimate of drug-likeness (QED) is 0.596. The van der Waals surface area contributed by atoms with Gasteiger partial charge in [-0.25, -0.2) is 0 Å². The zero-order chi connectivity index (χ0) is 15.4. The van der Waals surface area contributed by atoms with E-state index in [2.05, 4.69) is 4.74 Å². The number of methoxy groups -OCH3 is 1. The van der Waals surface area contributed by atoms with Gasteiger partial charge in [0.15, 0.2) is 0 Å². The third-order valence-electron chi connectivity index (χ3n) is 2.51. The molecule has 0 spiro atoms. The smallest absolute Gasteiger partial charge is 0.306 e. The highest BCUT2D eigenvalue weighted by atomic mass is 32.2. The average molecular weight is 297 g/mol. The summed E-state index contributed by atoms with van der Waals surface area (Å²) in [6.07, 6.45) is 0.754. The minimum Gasteiger partial charge on any atom is -0.469 e. The van der Waals surface area contributed by atoms with Crippen LogP contribution in [-0.4, -0.2) is 48.0 Å². The first-order valence-corrected chi connectivity index (χ1v) is 7.30. The van der Waals surface area contributed by atoms with Crippen molar-refractivity contribution in [2.45, 2.75) is 31.4 Å². The predicted molar refractivity (Wildman–Crippen MR) is 75.6 cm³/mol. The number of nitriles is 2. The Morgan fingerprint density at radius 1 is 1.25 bits per heavy atom. The maximum Gasteiger partial charge on any atom is 0.306 e. The third-order valence-corrected chi connectivity index (χ3v) is 3.66. The molecule has 0 fully saturated rings. The fraction of sp³-hybridized carbons (Fsp3) is 0.692. The lowest BCUT2D eigenvalue weighted by Crippen LogP contribution is -2.34. The highest BCUT2D eigenvalue weighted by molar-refractivity contribution is 8.00. The van der Waals surface area contributed by atoms with Crippen LogP contribution < -0.4 is 0 Å². The van der Waals surface area contributed by atoms with Crippen LogP contribution >= 0.6 is 11.8 Å². The molecule has 0 aliphatic heterocycles. The number of hydrogen-bond acceptors (Lipinski definition) is 6. The molecule has 1 amide bonds. The molecule has 1 unspecified atom stereocenters. The molecule has 110 valence electrons. The highest BCUT2D eigenvalue weighted by Crippen LogP contribution is 2.15. The van der Waals surface area contributed by atoms with Gasteiger partial charge in [-0.15, -0.1) is 11.8 Å². The Balaban J connectivity index is 4.20. The van der Waals surface area contributed by atoms with Crippen molar-refractivity contribution in [2.75, 3.05) is 26.0 Å². The summed E-state index contributed by atoms with van der Waals surface area (Å²) in [5, 5.41) is 17.1. The summed E-state index contributed by atoms with van der Waals surface area (Å²) in [5.41, 5.74) is 0. The molecule has 6 nitrogen and oxygen atoms in total. The van der Waals surface area contributed by atoms with Gasteiger partial charge in [-0.3, -0.25) is 9.59 Å². The summed E-state index contributed by atoms with van der Waals surface area (Å²) in [4.78, 5) is 24.6. The van der Waals surface area contributed by atoms with E-state index in [0.29, 0.717) is 13.1 Å². The lowest BCUT2D eigenvalue weighted by molar-refractivity contribution is -0.140. The molecule has 0 bridgehead atoms. The number of esters is 1. The van der Waals surface area contributed by atoms with E-state index < -0.39 is 0 Å². The van der Waals surface area contributed by atoms with Crippen molar-refractivity contribution in [1.82, 2.24) is 4.90 Å². The molecule has 0 N–H and O–H groups in total. The molecule has 7 heteroatoms. The number of nitrogens with zero attached hydrogens (tertiary/aromatic N) is 3. The lowest BCUT2D eigenvalue weighted by Gasteiger charge is -2.21. The molecule has 1 atom stereocenters. The number of carbonyl (C=O) groups is 2. The zero-order valence-electron chi connectivity index (χ0n) is 11.8. The topological polar surface area (TPSA) is 94.2 Å². The molecule has 20 heavy (non-hydrogen) atoms. The SMILES string of the molecule is COC(=O)CC(C)SCC(=O)N(CCC#N)CCC#N. The van der Waals surface area contributed by atoms with E-state index in [-0.39, 0.29) is 42.1 Å². The van der Waals surface area contributed by atoms with Gasteiger partial charge in [-0.05, 0) is 0 Å². The number of rotatable bonds is 9. The first-order chi connectivity index (χ1) is 9.54. The monoisotopic (exact) mass is 297 g/mol. The second-order valence-electron chi connectivity index (χ2n) is 4.10.